The number of hydrogen-bond donors (Lipinski definition) is 0. The number of imidazole rings is 1. The van der Waals surface area contributed by atoms with Crippen molar-refractivity contribution in [1.82, 2.24) is 9.55 Å². The zero-order valence-corrected chi connectivity index (χ0v) is 13.5. The van der Waals surface area contributed by atoms with Crippen LogP contribution in [0.1, 0.15) is 0 Å². The molecule has 0 saturated carbocycles. The molecule has 0 fully saturated rings. The summed E-state index contributed by atoms with van der Waals surface area (Å²) in [4.78, 5) is 4.98. The summed E-state index contributed by atoms with van der Waals surface area (Å²) in [6.07, 6.45) is 0. The number of aromatic nitrogens is 2. The van der Waals surface area contributed by atoms with E-state index in [2.05, 4.69) is 66.2 Å². The average molecular weight is 309 g/mol. The molecule has 24 heavy (non-hydrogen) atoms. The second-order valence-corrected chi connectivity index (χ2v) is 5.71. The van der Waals surface area contributed by atoms with Crippen LogP contribution in [-0.2, 0) is 7.05 Å². The lowest BCUT2D eigenvalue weighted by Crippen LogP contribution is -1.95. The largest absolute Gasteiger partial charge is 0.327 e. The summed E-state index contributed by atoms with van der Waals surface area (Å²) < 4.78 is 2.17. The molecule has 0 unspecified atom stereocenters. The molecule has 4 rings (SSSR count). The Morgan fingerprint density at radius 1 is 0.708 bits per heavy atom. The molecule has 2 nitrogen and oxygen atoms in total. The lowest BCUT2D eigenvalue weighted by Gasteiger charge is -2.08. The molecule has 3 aromatic carbocycles. The van der Waals surface area contributed by atoms with Crippen LogP contribution in [0, 0.1) is 6.07 Å². The Balaban J connectivity index is 1.99. The smallest absolute Gasteiger partial charge is 0.140 e. The Labute approximate surface area is 142 Å². The summed E-state index contributed by atoms with van der Waals surface area (Å²) in [6, 6.07) is 31.8. The molecule has 2 heteroatoms. The van der Waals surface area contributed by atoms with E-state index in [-0.39, 0.29) is 0 Å². The third-order valence-corrected chi connectivity index (χ3v) is 4.17. The van der Waals surface area contributed by atoms with Crippen molar-refractivity contribution in [2.24, 2.45) is 7.05 Å². The summed E-state index contributed by atoms with van der Waals surface area (Å²) in [5.41, 5.74) is 5.52. The highest BCUT2D eigenvalue weighted by atomic mass is 15.1. The van der Waals surface area contributed by atoms with Crippen molar-refractivity contribution >= 4 is 0 Å². The SMILES string of the molecule is Cn1c(-c2cc[c]cc2)nc(-c2ccccc2)c1-c1ccccc1. The van der Waals surface area contributed by atoms with Crippen molar-refractivity contribution in [1.29, 1.82) is 0 Å². The third kappa shape index (κ3) is 2.52. The fourth-order valence-corrected chi connectivity index (χ4v) is 3.02. The molecule has 0 aliphatic carbocycles. The minimum Gasteiger partial charge on any atom is -0.327 e. The van der Waals surface area contributed by atoms with Crippen molar-refractivity contribution in [3.8, 4) is 33.9 Å². The first-order valence-corrected chi connectivity index (χ1v) is 7.98. The van der Waals surface area contributed by atoms with Crippen molar-refractivity contribution < 1.29 is 0 Å². The van der Waals surface area contributed by atoms with Crippen molar-refractivity contribution in [3.63, 3.8) is 0 Å². The number of rotatable bonds is 3. The van der Waals surface area contributed by atoms with Crippen LogP contribution in [0.15, 0.2) is 84.9 Å². The molecule has 1 aromatic heterocycles. The quantitative estimate of drug-likeness (QED) is 0.507. The Hall–Kier alpha value is -3.13. The van der Waals surface area contributed by atoms with Crippen molar-refractivity contribution in [3.05, 3.63) is 91.0 Å². The Morgan fingerprint density at radius 3 is 1.92 bits per heavy atom. The Bertz CT molecular complexity index is 939. The van der Waals surface area contributed by atoms with E-state index in [0.717, 1.165) is 28.3 Å². The third-order valence-electron chi connectivity index (χ3n) is 4.17. The van der Waals surface area contributed by atoms with Crippen LogP contribution in [0.2, 0.25) is 0 Å². The van der Waals surface area contributed by atoms with Crippen molar-refractivity contribution in [2.75, 3.05) is 0 Å². The van der Waals surface area contributed by atoms with Crippen LogP contribution >= 0.6 is 0 Å². The predicted molar refractivity (Wildman–Crippen MR) is 98.4 cm³/mol. The van der Waals surface area contributed by atoms with Gasteiger partial charge in [0.2, 0.25) is 0 Å². The Morgan fingerprint density at radius 2 is 1.29 bits per heavy atom. The molecule has 0 atom stereocenters. The maximum atomic E-state index is 4.98. The molecule has 0 saturated heterocycles. The van der Waals surface area contributed by atoms with E-state index >= 15 is 0 Å². The summed E-state index contributed by atoms with van der Waals surface area (Å²) >= 11 is 0. The first kappa shape index (κ1) is 14.5. The van der Waals surface area contributed by atoms with Crippen LogP contribution in [0.25, 0.3) is 33.9 Å². The van der Waals surface area contributed by atoms with E-state index in [9.17, 15) is 0 Å². The highest BCUT2D eigenvalue weighted by molar-refractivity contribution is 5.82. The van der Waals surface area contributed by atoms with E-state index in [4.69, 9.17) is 4.98 Å². The van der Waals surface area contributed by atoms with Crippen molar-refractivity contribution in [2.45, 2.75) is 0 Å². The minimum absolute atomic E-state index is 0.960. The molecule has 0 N–H and O–H groups in total. The van der Waals surface area contributed by atoms with Crippen LogP contribution in [-0.4, -0.2) is 9.55 Å². The summed E-state index contributed by atoms with van der Waals surface area (Å²) in [6.45, 7) is 0. The van der Waals surface area contributed by atoms with Gasteiger partial charge in [0.25, 0.3) is 0 Å². The molecule has 4 aromatic rings. The van der Waals surface area contributed by atoms with E-state index in [0.29, 0.717) is 0 Å². The van der Waals surface area contributed by atoms with Crippen LogP contribution < -0.4 is 0 Å². The van der Waals surface area contributed by atoms with E-state index in [1.54, 1.807) is 0 Å². The van der Waals surface area contributed by atoms with Gasteiger partial charge < -0.3 is 4.57 Å². The van der Waals surface area contributed by atoms with E-state index in [1.807, 2.05) is 36.4 Å². The van der Waals surface area contributed by atoms with Gasteiger partial charge in [-0.15, -0.1) is 0 Å². The van der Waals surface area contributed by atoms with E-state index < -0.39 is 0 Å². The van der Waals surface area contributed by atoms with Gasteiger partial charge >= 0.3 is 0 Å². The molecule has 115 valence electrons. The maximum absolute atomic E-state index is 4.98. The van der Waals surface area contributed by atoms with Gasteiger partial charge in [-0.25, -0.2) is 4.98 Å². The zero-order valence-electron chi connectivity index (χ0n) is 13.5. The molecule has 0 amide bonds. The van der Waals surface area contributed by atoms with Crippen LogP contribution in [0.5, 0.6) is 0 Å². The maximum Gasteiger partial charge on any atom is 0.140 e. The number of benzene rings is 3. The van der Waals surface area contributed by atoms with Gasteiger partial charge in [-0.2, -0.15) is 0 Å². The van der Waals surface area contributed by atoms with Gasteiger partial charge in [0, 0.05) is 23.7 Å². The lowest BCUT2D eigenvalue weighted by atomic mass is 10.1. The molecular formula is C22H17N2. The monoisotopic (exact) mass is 309 g/mol. The first-order valence-electron chi connectivity index (χ1n) is 7.98. The molecule has 0 bridgehead atoms. The molecule has 0 spiro atoms. The molecular weight excluding hydrogens is 292 g/mol. The summed E-state index contributed by atoms with van der Waals surface area (Å²) in [7, 11) is 2.08. The van der Waals surface area contributed by atoms with Gasteiger partial charge in [0.1, 0.15) is 5.82 Å². The van der Waals surface area contributed by atoms with Gasteiger partial charge in [-0.05, 0) is 6.07 Å². The molecule has 0 aliphatic heterocycles. The lowest BCUT2D eigenvalue weighted by molar-refractivity contribution is 0.933. The molecule has 1 radical (unpaired) electrons. The highest BCUT2D eigenvalue weighted by Crippen LogP contribution is 2.35. The minimum atomic E-state index is 0.960. The second-order valence-electron chi connectivity index (χ2n) is 5.71. The second kappa shape index (κ2) is 6.17. The average Bonchev–Trinajstić information content (AvgIpc) is 3.01. The van der Waals surface area contributed by atoms with Crippen LogP contribution in [0.3, 0.4) is 0 Å². The van der Waals surface area contributed by atoms with Gasteiger partial charge in [-0.1, -0.05) is 84.9 Å². The fraction of sp³-hybridized carbons (Fsp3) is 0.0455. The number of nitrogens with zero attached hydrogens (tertiary/aromatic N) is 2. The highest BCUT2D eigenvalue weighted by Gasteiger charge is 2.18. The zero-order chi connectivity index (χ0) is 16.4. The molecule has 0 aliphatic rings. The van der Waals surface area contributed by atoms with Gasteiger partial charge in [0.05, 0.1) is 11.4 Å². The van der Waals surface area contributed by atoms with Gasteiger partial charge in [-0.3, -0.25) is 0 Å². The number of hydrogen-bond acceptors (Lipinski definition) is 1. The standard InChI is InChI=1S/C22H17N2/c1-24-21(18-13-7-3-8-14-18)20(17-11-5-2-6-12-17)23-22(24)19-15-9-4-10-16-19/h2-3,5-16H,1H3. The van der Waals surface area contributed by atoms with Gasteiger partial charge in [0.15, 0.2) is 0 Å². The topological polar surface area (TPSA) is 17.8 Å². The van der Waals surface area contributed by atoms with E-state index in [1.165, 1.54) is 5.56 Å². The van der Waals surface area contributed by atoms with Crippen LogP contribution in [0.4, 0.5) is 0 Å². The normalized spacial score (nSPS) is 10.7. The fourth-order valence-electron chi connectivity index (χ4n) is 3.02. The summed E-state index contributed by atoms with van der Waals surface area (Å²) in [5.74, 6) is 0.960. The Kier molecular flexibility index (Phi) is 3.72. The molecule has 1 heterocycles. The summed E-state index contributed by atoms with van der Waals surface area (Å²) in [5, 5.41) is 0. The first-order chi connectivity index (χ1) is 11.8. The predicted octanol–water partition coefficient (Wildman–Crippen LogP) is 5.22.